The number of benzene rings is 5. The minimum atomic E-state index is -3.01. The Kier molecular flexibility index (Phi) is 11.5. The molecule has 1 heterocycles. The molecule has 1 saturated heterocycles. The summed E-state index contributed by atoms with van der Waals surface area (Å²) < 4.78 is 81.3. The van der Waals surface area contributed by atoms with Gasteiger partial charge in [-0.3, -0.25) is 0 Å². The predicted octanol–water partition coefficient (Wildman–Crippen LogP) is 4.26. The fourth-order valence-electron chi connectivity index (χ4n) is 7.39. The standard InChI is InChI=1S/C42H37F5O9/c43-29-30(44)32(46)36(33(47)31(29)45)55-38(50)35(49)34(48)37-39(51,21-25-13-5-1-6-14-25)40(52,22-26-15-7-2-8-16-26)41(53,23-27-17-9-3-10-18-27)42(54,56-37)24-28-19-11-4-12-20-28/h1-20,34-35,37,48-49,51-54H,21-24H2/t34?,35?,37-,39-,40+,41-,42-/m1/s1. The zero-order chi connectivity index (χ0) is 40.5. The maximum Gasteiger partial charge on any atom is 0.343 e. The third-order valence-corrected chi connectivity index (χ3v) is 10.3. The average molecular weight is 781 g/mol. The summed E-state index contributed by atoms with van der Waals surface area (Å²) in [6, 6.07) is 31.9. The number of rotatable bonds is 12. The fourth-order valence-corrected chi connectivity index (χ4v) is 7.39. The van der Waals surface area contributed by atoms with Crippen LogP contribution in [0.2, 0.25) is 0 Å². The third kappa shape index (κ3) is 7.21. The zero-order valence-electron chi connectivity index (χ0n) is 29.4. The van der Waals surface area contributed by atoms with Gasteiger partial charge in [-0.2, -0.15) is 8.78 Å². The SMILES string of the molecule is O=C(Oc1c(F)c(F)c(F)c(F)c1F)C(O)C(O)[C@H]1O[C@](O)(Cc2ccccc2)[C@@](O)(Cc2ccccc2)[C@](O)(Cc2ccccc2)[C@@]1(O)Cc1ccccc1. The molecule has 2 unspecified atom stereocenters. The minimum Gasteiger partial charge on any atom is -0.418 e. The molecule has 14 heteroatoms. The molecule has 1 aliphatic rings. The first kappa shape index (κ1) is 40.6. The summed E-state index contributed by atoms with van der Waals surface area (Å²) in [5, 5.41) is 75.5. The molecule has 1 aliphatic heterocycles. The van der Waals surface area contributed by atoms with E-state index in [4.69, 9.17) is 4.74 Å². The van der Waals surface area contributed by atoms with E-state index in [9.17, 15) is 57.4 Å². The van der Waals surface area contributed by atoms with Crippen molar-refractivity contribution >= 4 is 5.97 Å². The molecule has 9 nitrogen and oxygen atoms in total. The Morgan fingerprint density at radius 3 is 1.34 bits per heavy atom. The van der Waals surface area contributed by atoms with Crippen LogP contribution in [0.4, 0.5) is 22.0 Å². The maximum absolute atomic E-state index is 14.5. The van der Waals surface area contributed by atoms with Crippen LogP contribution in [-0.2, 0) is 35.2 Å². The van der Waals surface area contributed by atoms with Crippen LogP contribution in [0.5, 0.6) is 5.75 Å². The second-order valence-electron chi connectivity index (χ2n) is 13.9. The van der Waals surface area contributed by atoms with Gasteiger partial charge < -0.3 is 40.1 Å². The van der Waals surface area contributed by atoms with Gasteiger partial charge >= 0.3 is 5.97 Å². The van der Waals surface area contributed by atoms with Gasteiger partial charge in [0.1, 0.15) is 23.4 Å². The van der Waals surface area contributed by atoms with Crippen molar-refractivity contribution in [3.63, 3.8) is 0 Å². The molecule has 7 atom stereocenters. The number of aliphatic hydroxyl groups is 6. The highest BCUT2D eigenvalue weighted by Gasteiger charge is 2.77. The summed E-state index contributed by atoms with van der Waals surface area (Å²) in [6.45, 7) is 0. The molecule has 0 bridgehead atoms. The molecule has 294 valence electrons. The molecule has 0 saturated carbocycles. The van der Waals surface area contributed by atoms with Gasteiger partial charge in [0.2, 0.25) is 40.6 Å². The van der Waals surface area contributed by atoms with Crippen molar-refractivity contribution in [1.82, 2.24) is 0 Å². The highest BCUT2D eigenvalue weighted by atomic mass is 19.2. The van der Waals surface area contributed by atoms with Crippen LogP contribution in [0.1, 0.15) is 22.3 Å². The lowest BCUT2D eigenvalue weighted by Gasteiger charge is -2.65. The van der Waals surface area contributed by atoms with Crippen LogP contribution < -0.4 is 4.74 Å². The van der Waals surface area contributed by atoms with E-state index < -0.39 is 107 Å². The summed E-state index contributed by atoms with van der Waals surface area (Å²) in [6.07, 6.45) is -10.9. The third-order valence-electron chi connectivity index (χ3n) is 10.3. The van der Waals surface area contributed by atoms with E-state index in [-0.39, 0.29) is 5.56 Å². The summed E-state index contributed by atoms with van der Waals surface area (Å²) in [4.78, 5) is 13.2. The summed E-state index contributed by atoms with van der Waals surface area (Å²) in [5.74, 6) is -19.9. The molecular formula is C42H37F5O9. The molecule has 0 radical (unpaired) electrons. The summed E-state index contributed by atoms with van der Waals surface area (Å²) >= 11 is 0. The lowest BCUT2D eigenvalue weighted by molar-refractivity contribution is -0.446. The summed E-state index contributed by atoms with van der Waals surface area (Å²) in [7, 11) is 0. The largest absolute Gasteiger partial charge is 0.418 e. The smallest absolute Gasteiger partial charge is 0.343 e. The predicted molar refractivity (Wildman–Crippen MR) is 189 cm³/mol. The second kappa shape index (κ2) is 15.8. The van der Waals surface area contributed by atoms with Crippen LogP contribution in [0.3, 0.4) is 0 Å². The average Bonchev–Trinajstić information content (AvgIpc) is 3.20. The monoisotopic (exact) mass is 780 g/mol. The van der Waals surface area contributed by atoms with E-state index >= 15 is 0 Å². The molecule has 56 heavy (non-hydrogen) atoms. The van der Waals surface area contributed by atoms with Crippen LogP contribution in [0, 0.1) is 29.1 Å². The molecule has 0 aromatic heterocycles. The number of ether oxygens (including phenoxy) is 2. The van der Waals surface area contributed by atoms with Gasteiger partial charge in [0.25, 0.3) is 0 Å². The Morgan fingerprint density at radius 1 is 0.554 bits per heavy atom. The van der Waals surface area contributed by atoms with Crippen molar-refractivity contribution in [3.8, 4) is 5.75 Å². The first-order chi connectivity index (χ1) is 26.5. The minimum absolute atomic E-state index is 0.260. The van der Waals surface area contributed by atoms with E-state index in [2.05, 4.69) is 4.74 Å². The first-order valence-electron chi connectivity index (χ1n) is 17.4. The number of halogens is 5. The normalized spacial score (nSPS) is 26.0. The van der Waals surface area contributed by atoms with Gasteiger partial charge in [0.05, 0.1) is 0 Å². The van der Waals surface area contributed by atoms with Gasteiger partial charge in [-0.15, -0.1) is 0 Å². The molecule has 0 spiro atoms. The van der Waals surface area contributed by atoms with Crippen molar-refractivity contribution in [3.05, 3.63) is 173 Å². The molecule has 5 aromatic rings. The van der Waals surface area contributed by atoms with Crippen LogP contribution in [0.15, 0.2) is 121 Å². The van der Waals surface area contributed by atoms with Crippen molar-refractivity contribution in [1.29, 1.82) is 0 Å². The Bertz CT molecular complexity index is 2120. The van der Waals surface area contributed by atoms with Crippen molar-refractivity contribution in [2.75, 3.05) is 0 Å². The molecule has 1 fully saturated rings. The number of hydrogen-bond donors (Lipinski definition) is 6. The van der Waals surface area contributed by atoms with Crippen LogP contribution >= 0.6 is 0 Å². The Hall–Kier alpha value is -5.06. The first-order valence-corrected chi connectivity index (χ1v) is 17.4. The van der Waals surface area contributed by atoms with Gasteiger partial charge in [0, 0.05) is 25.7 Å². The van der Waals surface area contributed by atoms with Crippen molar-refractivity contribution < 1.29 is 66.9 Å². The second-order valence-corrected chi connectivity index (χ2v) is 13.9. The Labute approximate surface area is 317 Å². The quantitative estimate of drug-likeness (QED) is 0.0358. The molecule has 6 N–H and O–H groups in total. The van der Waals surface area contributed by atoms with E-state index in [1.54, 1.807) is 109 Å². The Morgan fingerprint density at radius 2 is 0.911 bits per heavy atom. The van der Waals surface area contributed by atoms with E-state index in [0.717, 1.165) is 0 Å². The molecule has 0 aliphatic carbocycles. The maximum atomic E-state index is 14.5. The lowest BCUT2D eigenvalue weighted by atomic mass is 9.55. The number of hydrogen-bond acceptors (Lipinski definition) is 9. The number of carbonyl (C=O) groups is 1. The van der Waals surface area contributed by atoms with Gasteiger partial charge in [-0.05, 0) is 22.3 Å². The van der Waals surface area contributed by atoms with Crippen molar-refractivity contribution in [2.24, 2.45) is 0 Å². The zero-order valence-corrected chi connectivity index (χ0v) is 29.4. The molecule has 5 aromatic carbocycles. The van der Waals surface area contributed by atoms with Crippen molar-refractivity contribution in [2.45, 2.75) is 66.6 Å². The van der Waals surface area contributed by atoms with E-state index in [0.29, 0.717) is 16.7 Å². The van der Waals surface area contributed by atoms with Gasteiger partial charge in [-0.25, -0.2) is 18.0 Å². The number of aliphatic hydroxyl groups excluding tert-OH is 2. The number of esters is 1. The molecule has 6 rings (SSSR count). The Balaban J connectivity index is 1.55. The van der Waals surface area contributed by atoms with Gasteiger partial charge in [0.15, 0.2) is 11.7 Å². The van der Waals surface area contributed by atoms with E-state index in [1.807, 2.05) is 0 Å². The topological polar surface area (TPSA) is 157 Å². The van der Waals surface area contributed by atoms with Gasteiger partial charge in [-0.1, -0.05) is 121 Å². The van der Waals surface area contributed by atoms with Crippen LogP contribution in [-0.4, -0.2) is 77.5 Å². The lowest BCUT2D eigenvalue weighted by Crippen LogP contribution is -2.87. The van der Waals surface area contributed by atoms with Crippen LogP contribution in [0.25, 0.3) is 0 Å². The molecular weight excluding hydrogens is 743 g/mol. The highest BCUT2D eigenvalue weighted by molar-refractivity contribution is 5.78. The fraction of sp³-hybridized carbons (Fsp3) is 0.262. The number of carbonyl (C=O) groups excluding carboxylic acids is 1. The van der Waals surface area contributed by atoms with E-state index in [1.165, 1.54) is 12.1 Å². The summed E-state index contributed by atoms with van der Waals surface area (Å²) in [5.41, 5.74) is -7.71. The highest BCUT2D eigenvalue weighted by Crippen LogP contribution is 2.54. The molecule has 0 amide bonds.